The lowest BCUT2D eigenvalue weighted by Crippen LogP contribution is -2.30. The van der Waals surface area contributed by atoms with E-state index in [1.165, 1.54) is 4.57 Å². The molecule has 0 aliphatic rings. The molecule has 0 unspecified atom stereocenters. The van der Waals surface area contributed by atoms with Gasteiger partial charge in [-0.15, -0.1) is 0 Å². The van der Waals surface area contributed by atoms with Crippen molar-refractivity contribution in [2.75, 3.05) is 6.54 Å². The van der Waals surface area contributed by atoms with Crippen molar-refractivity contribution in [1.29, 1.82) is 0 Å². The molecule has 6 aromatic carbocycles. The van der Waals surface area contributed by atoms with Gasteiger partial charge in [-0.25, -0.2) is 4.57 Å². The summed E-state index contributed by atoms with van der Waals surface area (Å²) in [5.41, 5.74) is 11.5. The lowest BCUT2D eigenvalue weighted by Gasteiger charge is -2.20. The fourth-order valence-electron chi connectivity index (χ4n) is 7.11. The van der Waals surface area contributed by atoms with Crippen LogP contribution in [0.1, 0.15) is 75.5 Å². The number of fused-ring (bicyclic) bond motifs is 3. The number of benzene rings is 6. The second-order valence-corrected chi connectivity index (χ2v) is 12.7. The van der Waals surface area contributed by atoms with E-state index in [1.54, 1.807) is 0 Å². The number of para-hydroxylation sites is 1. The maximum atomic E-state index is 14.5. The minimum Gasteiger partial charge on any atom is -0.268 e. The van der Waals surface area contributed by atoms with Gasteiger partial charge in [0, 0.05) is 34.2 Å². The molecule has 46 heavy (non-hydrogen) atoms. The summed E-state index contributed by atoms with van der Waals surface area (Å²) in [6, 6.07) is 24.4. The van der Waals surface area contributed by atoms with Crippen molar-refractivity contribution in [2.45, 2.75) is 58.8 Å². The van der Waals surface area contributed by atoms with Crippen molar-refractivity contribution in [3.8, 4) is 17.5 Å². The van der Waals surface area contributed by atoms with Crippen LogP contribution in [-0.4, -0.2) is 11.1 Å². The van der Waals surface area contributed by atoms with Crippen LogP contribution in [-0.2, 0) is 0 Å². The van der Waals surface area contributed by atoms with Crippen molar-refractivity contribution < 1.29 is 0 Å². The minimum atomic E-state index is -0.297. The summed E-state index contributed by atoms with van der Waals surface area (Å²) in [4.78, 5) is 31.9. The third kappa shape index (κ3) is 4.55. The smallest absolute Gasteiger partial charge is 0.265 e. The van der Waals surface area contributed by atoms with Gasteiger partial charge in [0.25, 0.3) is 11.1 Å². The van der Waals surface area contributed by atoms with Crippen molar-refractivity contribution in [2.24, 2.45) is 5.11 Å². The average molecular weight is 603 g/mol. The van der Waals surface area contributed by atoms with Crippen molar-refractivity contribution >= 4 is 53.9 Å². The maximum Gasteiger partial charge on any atom is 0.265 e. The molecule has 0 spiro atoms. The molecule has 226 valence electrons. The highest BCUT2D eigenvalue weighted by Crippen LogP contribution is 2.42. The molecule has 0 aliphatic heterocycles. The largest absolute Gasteiger partial charge is 0.268 e. The molecule has 0 N–H and O–H groups in total. The zero-order valence-corrected chi connectivity index (χ0v) is 26.5. The quantitative estimate of drug-likeness (QED) is 0.0346. The first-order chi connectivity index (χ1) is 22.3. The average Bonchev–Trinajstić information content (AvgIpc) is 3.14. The van der Waals surface area contributed by atoms with Gasteiger partial charge in [-0.3, -0.25) is 9.59 Å². The van der Waals surface area contributed by atoms with Gasteiger partial charge in [-0.1, -0.05) is 93.2 Å². The van der Waals surface area contributed by atoms with E-state index >= 15 is 0 Å². The van der Waals surface area contributed by atoms with Crippen LogP contribution < -0.4 is 11.1 Å². The second-order valence-electron chi connectivity index (χ2n) is 12.7. The van der Waals surface area contributed by atoms with E-state index in [2.05, 4.69) is 73.8 Å². The van der Waals surface area contributed by atoms with Gasteiger partial charge in [0.05, 0.1) is 5.69 Å². The molecular weight excluding hydrogens is 568 g/mol. The molecule has 6 heteroatoms. The Balaban J connectivity index is 1.53. The number of nitrogens with zero attached hydrogens (tertiary/aromatic N) is 4. The van der Waals surface area contributed by atoms with Crippen LogP contribution >= 0.6 is 0 Å². The van der Waals surface area contributed by atoms with Crippen LogP contribution in [0.2, 0.25) is 0 Å². The fraction of sp³-hybridized carbons (Fsp3) is 0.250. The van der Waals surface area contributed by atoms with Gasteiger partial charge in [0.2, 0.25) is 0 Å². The number of hydrogen-bond donors (Lipinski definition) is 0. The molecule has 7 rings (SSSR count). The molecule has 0 saturated carbocycles. The van der Waals surface area contributed by atoms with Crippen LogP contribution in [0, 0.1) is 11.8 Å². The molecule has 0 fully saturated rings. The predicted octanol–water partition coefficient (Wildman–Crippen LogP) is 9.92. The van der Waals surface area contributed by atoms with Gasteiger partial charge in [0.1, 0.15) is 0 Å². The zero-order valence-electron chi connectivity index (χ0n) is 26.5. The number of rotatable bonds is 7. The summed E-state index contributed by atoms with van der Waals surface area (Å²) in [7, 11) is 0. The Hall–Kier alpha value is -5.37. The summed E-state index contributed by atoms with van der Waals surface area (Å²) >= 11 is 0. The summed E-state index contributed by atoms with van der Waals surface area (Å²) in [5.74, 6) is 6.94. The predicted molar refractivity (Wildman–Crippen MR) is 191 cm³/mol. The normalized spacial score (nSPS) is 11.8. The van der Waals surface area contributed by atoms with Gasteiger partial charge >= 0.3 is 0 Å². The maximum absolute atomic E-state index is 14.5. The van der Waals surface area contributed by atoms with Crippen LogP contribution in [0.5, 0.6) is 0 Å². The first-order valence-electron chi connectivity index (χ1n) is 16.0. The van der Waals surface area contributed by atoms with Crippen LogP contribution in [0.25, 0.3) is 70.0 Å². The van der Waals surface area contributed by atoms with E-state index in [0.717, 1.165) is 79.0 Å². The molecule has 1 heterocycles. The molecule has 0 atom stereocenters. The first kappa shape index (κ1) is 29.3. The number of aromatic nitrogens is 1. The van der Waals surface area contributed by atoms with Crippen molar-refractivity contribution in [1.82, 2.24) is 4.57 Å². The van der Waals surface area contributed by atoms with Crippen LogP contribution in [0.4, 0.5) is 0 Å². The van der Waals surface area contributed by atoms with Gasteiger partial charge in [-0.05, 0) is 109 Å². The van der Waals surface area contributed by atoms with Gasteiger partial charge in [-0.2, -0.15) is 0 Å². The van der Waals surface area contributed by atoms with E-state index in [0.29, 0.717) is 23.0 Å². The van der Waals surface area contributed by atoms with Gasteiger partial charge < -0.3 is 0 Å². The standard InChI is InChI=1S/C40H34N4O2/c1-23(2)27-12-9-13-28(24(3)4)38(27)44-39(45)26-21-34-30-15-10-14-29-25(11-7-5-6-8-20-42-43-41)16-17-31(36(29)30)32-18-19-33(40(44)46)35(22-26)37(32)34/h9-10,12-19,21-24H,5-6,8,20H2,1-4H3. The Morgan fingerprint density at radius 2 is 1.30 bits per heavy atom. The topological polar surface area (TPSA) is 87.8 Å². The Kier molecular flexibility index (Phi) is 7.35. The monoisotopic (exact) mass is 602 g/mol. The lowest BCUT2D eigenvalue weighted by atomic mass is 9.87. The number of azide groups is 1. The van der Waals surface area contributed by atoms with Crippen LogP contribution in [0.3, 0.4) is 0 Å². The summed E-state index contributed by atoms with van der Waals surface area (Å²) in [5, 5.41) is 12.8. The molecule has 0 radical (unpaired) electrons. The molecule has 7 aromatic rings. The molecule has 1 aromatic heterocycles. The van der Waals surface area contributed by atoms with Gasteiger partial charge in [0.15, 0.2) is 0 Å². The Bertz CT molecular complexity index is 2520. The molecule has 6 nitrogen and oxygen atoms in total. The fourth-order valence-corrected chi connectivity index (χ4v) is 7.11. The number of unbranched alkanes of at least 4 members (excludes halogenated alkanes) is 2. The van der Waals surface area contributed by atoms with Crippen LogP contribution in [0.15, 0.2) is 87.5 Å². The molecular formula is C40H34N4O2. The van der Waals surface area contributed by atoms with E-state index in [4.69, 9.17) is 5.53 Å². The first-order valence-corrected chi connectivity index (χ1v) is 16.0. The van der Waals surface area contributed by atoms with E-state index in [9.17, 15) is 9.59 Å². The molecule has 0 amide bonds. The van der Waals surface area contributed by atoms with Crippen molar-refractivity contribution in [3.63, 3.8) is 0 Å². The second kappa shape index (κ2) is 11.5. The van der Waals surface area contributed by atoms with E-state index in [1.807, 2.05) is 48.5 Å². The number of hydrogen-bond acceptors (Lipinski definition) is 3. The Labute approximate surface area is 266 Å². The summed E-state index contributed by atoms with van der Waals surface area (Å²) < 4.78 is 1.44. The lowest BCUT2D eigenvalue weighted by molar-refractivity contribution is 0.764. The van der Waals surface area contributed by atoms with E-state index in [-0.39, 0.29) is 23.0 Å². The highest BCUT2D eigenvalue weighted by atomic mass is 16.2. The third-order valence-corrected chi connectivity index (χ3v) is 9.28. The highest BCUT2D eigenvalue weighted by Gasteiger charge is 2.23. The van der Waals surface area contributed by atoms with Crippen molar-refractivity contribution in [3.05, 3.63) is 121 Å². The van der Waals surface area contributed by atoms with E-state index < -0.39 is 0 Å². The molecule has 0 aliphatic carbocycles. The third-order valence-electron chi connectivity index (χ3n) is 9.28. The summed E-state index contributed by atoms with van der Waals surface area (Å²) in [6.45, 7) is 8.90. The zero-order chi connectivity index (χ0) is 32.1. The SMILES string of the molecule is CC(C)c1cccc(C(C)C)c1-n1c(=O)c2cc3c(ccc4c5ccc(C#CCCCCN=[N+]=[N-])c6cccc(c(c2)c34)c65)c1=O. The minimum absolute atomic E-state index is 0.128. The summed E-state index contributed by atoms with van der Waals surface area (Å²) in [6.07, 6.45) is 2.41. The molecule has 2 bridgehead atoms. The Morgan fingerprint density at radius 1 is 0.717 bits per heavy atom. The molecule has 0 saturated heterocycles. The highest BCUT2D eigenvalue weighted by molar-refractivity contribution is 6.35. The Morgan fingerprint density at radius 3 is 2.00 bits per heavy atom.